The maximum Gasteiger partial charge on any atom is 0.270 e. The number of hydrogen-bond donors (Lipinski definition) is 2. The smallest absolute Gasteiger partial charge is 0.270 e. The van der Waals surface area contributed by atoms with Gasteiger partial charge in [0.15, 0.2) is 5.11 Å². The molecule has 7 nitrogen and oxygen atoms in total. The molecule has 4 rings (SSSR count). The van der Waals surface area contributed by atoms with Crippen molar-refractivity contribution < 1.29 is 14.7 Å². The normalized spacial score (nSPS) is 15.4. The van der Waals surface area contributed by atoms with E-state index in [2.05, 4.69) is 31.5 Å². The zero-order valence-electron chi connectivity index (χ0n) is 17.3. The molecule has 1 aliphatic rings. The number of thiocarbonyl (C=S) groups is 1. The Kier molecular flexibility index (Phi) is 6.43. The van der Waals surface area contributed by atoms with Crippen molar-refractivity contribution in [2.24, 2.45) is 10.2 Å². The Morgan fingerprint density at radius 3 is 2.45 bits per heavy atom. The molecule has 33 heavy (non-hydrogen) atoms. The topological polar surface area (TPSA) is 94.4 Å². The van der Waals surface area contributed by atoms with Crippen LogP contribution in [0.1, 0.15) is 11.1 Å². The first-order valence-electron chi connectivity index (χ1n) is 9.81. The van der Waals surface area contributed by atoms with Crippen molar-refractivity contribution >= 4 is 68.2 Å². The maximum absolute atomic E-state index is 13.3. The molecule has 1 fully saturated rings. The van der Waals surface area contributed by atoms with Gasteiger partial charge in [0, 0.05) is 10.0 Å². The molecule has 0 atom stereocenters. The summed E-state index contributed by atoms with van der Waals surface area (Å²) in [4.78, 5) is 27.1. The Morgan fingerprint density at radius 1 is 1.00 bits per heavy atom. The molecule has 0 saturated carbocycles. The first kappa shape index (κ1) is 22.5. The first-order chi connectivity index (χ1) is 15.8. The van der Waals surface area contributed by atoms with Crippen LogP contribution in [0.4, 0.5) is 17.1 Å². The second-order valence-corrected chi connectivity index (χ2v) is 8.47. The molecule has 9 heteroatoms. The van der Waals surface area contributed by atoms with E-state index >= 15 is 0 Å². The number of anilines is 1. The second kappa shape index (κ2) is 9.43. The lowest BCUT2D eigenvalue weighted by Gasteiger charge is -2.30. The van der Waals surface area contributed by atoms with Crippen molar-refractivity contribution in [2.45, 2.75) is 6.92 Å². The molecule has 0 aliphatic carbocycles. The molecule has 0 bridgehead atoms. The summed E-state index contributed by atoms with van der Waals surface area (Å²) in [5.74, 6) is -1.35. The number of hydrogen-bond acceptors (Lipinski definition) is 6. The predicted molar refractivity (Wildman–Crippen MR) is 134 cm³/mol. The van der Waals surface area contributed by atoms with E-state index < -0.39 is 11.8 Å². The van der Waals surface area contributed by atoms with Gasteiger partial charge in [-0.25, -0.2) is 0 Å². The van der Waals surface area contributed by atoms with Crippen LogP contribution < -0.4 is 10.2 Å². The number of phenols is 1. The number of nitrogens with one attached hydrogen (secondary N) is 1. The molecule has 0 aromatic heterocycles. The zero-order valence-corrected chi connectivity index (χ0v) is 19.7. The van der Waals surface area contributed by atoms with Crippen molar-refractivity contribution in [3.8, 4) is 5.75 Å². The number of azo groups is 1. The van der Waals surface area contributed by atoms with E-state index in [1.54, 1.807) is 30.3 Å². The summed E-state index contributed by atoms with van der Waals surface area (Å²) in [5.41, 5.74) is 2.54. The van der Waals surface area contributed by atoms with Crippen LogP contribution in [0.25, 0.3) is 6.08 Å². The summed E-state index contributed by atoms with van der Waals surface area (Å²) in [5, 5.41) is 21.2. The number of carbonyl (C=O) groups excluding carboxylic acids is 2. The Bertz CT molecular complexity index is 1340. The van der Waals surface area contributed by atoms with Crippen LogP contribution in [0, 0.1) is 6.92 Å². The highest BCUT2D eigenvalue weighted by molar-refractivity contribution is 9.10. The number of carbonyl (C=O) groups is 2. The molecule has 164 valence electrons. The van der Waals surface area contributed by atoms with Crippen LogP contribution >= 0.6 is 28.1 Å². The average Bonchev–Trinajstić information content (AvgIpc) is 2.79. The lowest BCUT2D eigenvalue weighted by Crippen LogP contribution is -2.54. The summed E-state index contributed by atoms with van der Waals surface area (Å²) < 4.78 is 0.852. The molecule has 2 N–H and O–H groups in total. The SMILES string of the molecule is Cc1cc(Br)ccc1N1C(=O)/C(=C\c2cc(N=Nc3ccccc3)ccc2O)C(=O)NC1=S. The molecular weight excluding hydrogens is 504 g/mol. The minimum Gasteiger partial charge on any atom is -0.507 e. The Balaban J connectivity index is 1.70. The number of benzene rings is 3. The van der Waals surface area contributed by atoms with Crippen LogP contribution in [-0.2, 0) is 9.59 Å². The van der Waals surface area contributed by atoms with Gasteiger partial charge in [-0.3, -0.25) is 19.8 Å². The fourth-order valence-corrected chi connectivity index (χ4v) is 3.98. The van der Waals surface area contributed by atoms with E-state index in [1.807, 2.05) is 31.2 Å². The Hall–Kier alpha value is -3.69. The summed E-state index contributed by atoms with van der Waals surface area (Å²) in [6.45, 7) is 1.84. The van der Waals surface area contributed by atoms with Crippen LogP contribution in [0.15, 0.2) is 87.0 Å². The van der Waals surface area contributed by atoms with Crippen molar-refractivity contribution in [3.63, 3.8) is 0 Å². The number of phenolic OH excluding ortho intramolecular Hbond substituents is 1. The van der Waals surface area contributed by atoms with Gasteiger partial charge in [0.1, 0.15) is 11.3 Å². The highest BCUT2D eigenvalue weighted by Gasteiger charge is 2.35. The van der Waals surface area contributed by atoms with Crippen molar-refractivity contribution in [1.82, 2.24) is 5.32 Å². The number of aromatic hydroxyl groups is 1. The summed E-state index contributed by atoms with van der Waals surface area (Å²) in [7, 11) is 0. The van der Waals surface area contributed by atoms with E-state index in [4.69, 9.17) is 12.2 Å². The fourth-order valence-electron chi connectivity index (χ4n) is 3.23. The van der Waals surface area contributed by atoms with Gasteiger partial charge in [-0.1, -0.05) is 34.1 Å². The largest absolute Gasteiger partial charge is 0.507 e. The maximum atomic E-state index is 13.3. The van der Waals surface area contributed by atoms with Gasteiger partial charge in [-0.05, 0) is 79.3 Å². The molecule has 3 aromatic carbocycles. The number of halogens is 1. The van der Waals surface area contributed by atoms with Crippen molar-refractivity contribution in [1.29, 1.82) is 0 Å². The molecule has 3 aromatic rings. The molecule has 1 aliphatic heterocycles. The number of nitrogens with zero attached hydrogens (tertiary/aromatic N) is 3. The summed E-state index contributed by atoms with van der Waals surface area (Å²) in [6, 6.07) is 19.1. The molecular formula is C24H17BrN4O3S. The van der Waals surface area contributed by atoms with E-state index in [0.29, 0.717) is 17.1 Å². The molecule has 1 saturated heterocycles. The average molecular weight is 521 g/mol. The Labute approximate surface area is 203 Å². The van der Waals surface area contributed by atoms with Crippen LogP contribution in [0.3, 0.4) is 0 Å². The first-order valence-corrected chi connectivity index (χ1v) is 11.0. The van der Waals surface area contributed by atoms with Crippen LogP contribution in [0.2, 0.25) is 0 Å². The van der Waals surface area contributed by atoms with Crippen LogP contribution in [-0.4, -0.2) is 22.0 Å². The lowest BCUT2D eigenvalue weighted by atomic mass is 10.0. The Morgan fingerprint density at radius 2 is 1.73 bits per heavy atom. The molecule has 2 amide bonds. The number of amides is 2. The van der Waals surface area contributed by atoms with E-state index in [1.165, 1.54) is 23.1 Å². The number of rotatable bonds is 4. The third-order valence-corrected chi connectivity index (χ3v) is 5.63. The fraction of sp³-hybridized carbons (Fsp3) is 0.0417. The van der Waals surface area contributed by atoms with E-state index in [-0.39, 0.29) is 22.0 Å². The van der Waals surface area contributed by atoms with Gasteiger partial charge in [0.2, 0.25) is 0 Å². The van der Waals surface area contributed by atoms with Gasteiger partial charge in [0.05, 0.1) is 17.1 Å². The molecule has 0 radical (unpaired) electrons. The third-order valence-electron chi connectivity index (χ3n) is 4.85. The zero-order chi connectivity index (χ0) is 23.5. The summed E-state index contributed by atoms with van der Waals surface area (Å²) in [6.07, 6.45) is 1.32. The standard InChI is InChI=1S/C24H17BrN4O3S/c1-14-11-16(25)7-9-20(14)29-23(32)19(22(31)26-24(29)33)13-15-12-18(8-10-21(15)30)28-27-17-5-3-2-4-6-17/h2-13,30H,1H3,(H,26,31,33)/b19-13-,28-27?. The van der Waals surface area contributed by atoms with Gasteiger partial charge < -0.3 is 5.11 Å². The van der Waals surface area contributed by atoms with Gasteiger partial charge in [-0.2, -0.15) is 10.2 Å². The monoisotopic (exact) mass is 520 g/mol. The molecule has 1 heterocycles. The quantitative estimate of drug-likeness (QED) is 0.199. The van der Waals surface area contributed by atoms with E-state index in [9.17, 15) is 14.7 Å². The minimum absolute atomic E-state index is 0.0118. The van der Waals surface area contributed by atoms with Gasteiger partial charge >= 0.3 is 0 Å². The second-order valence-electron chi connectivity index (χ2n) is 7.17. The molecule has 0 spiro atoms. The van der Waals surface area contributed by atoms with Crippen molar-refractivity contribution in [3.05, 3.63) is 87.9 Å². The highest BCUT2D eigenvalue weighted by Crippen LogP contribution is 2.30. The van der Waals surface area contributed by atoms with Crippen LogP contribution in [0.5, 0.6) is 5.75 Å². The highest BCUT2D eigenvalue weighted by atomic mass is 79.9. The number of aryl methyl sites for hydroxylation is 1. The lowest BCUT2D eigenvalue weighted by molar-refractivity contribution is -0.122. The minimum atomic E-state index is -0.647. The van der Waals surface area contributed by atoms with Gasteiger partial charge in [0.25, 0.3) is 11.8 Å². The van der Waals surface area contributed by atoms with Crippen molar-refractivity contribution in [2.75, 3.05) is 4.90 Å². The summed E-state index contributed by atoms with van der Waals surface area (Å²) >= 11 is 8.65. The third kappa shape index (κ3) is 4.89. The molecule has 0 unspecified atom stereocenters. The van der Waals surface area contributed by atoms with Gasteiger partial charge in [-0.15, -0.1) is 0 Å². The van der Waals surface area contributed by atoms with E-state index in [0.717, 1.165) is 10.0 Å². The predicted octanol–water partition coefficient (Wildman–Crippen LogP) is 5.71.